The van der Waals surface area contributed by atoms with Gasteiger partial charge in [0.15, 0.2) is 0 Å². The van der Waals surface area contributed by atoms with Gasteiger partial charge in [-0.05, 0) is 36.6 Å². The molecule has 0 atom stereocenters. The summed E-state index contributed by atoms with van der Waals surface area (Å²) >= 11 is 0. The van der Waals surface area contributed by atoms with Crippen LogP contribution in [0.4, 0.5) is 5.69 Å². The summed E-state index contributed by atoms with van der Waals surface area (Å²) < 4.78 is 10.3. The molecule has 0 radical (unpaired) electrons. The van der Waals surface area contributed by atoms with Crippen molar-refractivity contribution >= 4 is 11.7 Å². The van der Waals surface area contributed by atoms with Crippen molar-refractivity contribution in [3.05, 3.63) is 23.8 Å². The first-order chi connectivity index (χ1) is 8.99. The van der Waals surface area contributed by atoms with E-state index in [1.54, 1.807) is 7.11 Å². The molecule has 1 aromatic rings. The first kappa shape index (κ1) is 15.3. The number of likely N-dealkylation sites (N-methyl/N-ethyl adjacent to an activating group) is 1. The van der Waals surface area contributed by atoms with E-state index in [4.69, 9.17) is 9.47 Å². The lowest BCUT2D eigenvalue weighted by molar-refractivity contribution is -0.141. The van der Waals surface area contributed by atoms with Gasteiger partial charge in [0.2, 0.25) is 0 Å². The number of ether oxygens (including phenoxy) is 2. The Kier molecular flexibility index (Phi) is 5.67. The van der Waals surface area contributed by atoms with Crippen molar-refractivity contribution in [3.8, 4) is 5.75 Å². The molecular weight excluding hydrogens is 242 g/mol. The largest absolute Gasteiger partial charge is 0.496 e. The summed E-state index contributed by atoms with van der Waals surface area (Å²) in [6.07, 6.45) is 0. The molecule has 0 amide bonds. The molecule has 0 aromatic heterocycles. The molecule has 0 saturated carbocycles. The third-order valence-corrected chi connectivity index (χ3v) is 2.95. The molecule has 0 aliphatic carbocycles. The lowest BCUT2D eigenvalue weighted by Crippen LogP contribution is -2.27. The number of methoxy groups -OCH3 is 1. The van der Waals surface area contributed by atoms with E-state index in [-0.39, 0.29) is 12.5 Å². The number of nitrogens with zero attached hydrogens (tertiary/aromatic N) is 1. The van der Waals surface area contributed by atoms with Crippen molar-refractivity contribution in [3.63, 3.8) is 0 Å². The lowest BCUT2D eigenvalue weighted by atomic mass is 10.0. The van der Waals surface area contributed by atoms with Gasteiger partial charge in [-0.25, -0.2) is 0 Å². The summed E-state index contributed by atoms with van der Waals surface area (Å²) in [5.74, 6) is 1.03. The quantitative estimate of drug-likeness (QED) is 0.741. The van der Waals surface area contributed by atoms with Crippen LogP contribution in [0.25, 0.3) is 0 Å². The number of carbonyl (C=O) groups is 1. The Hall–Kier alpha value is -1.71. The molecular formula is C15H23NO3. The Balaban J connectivity index is 2.89. The van der Waals surface area contributed by atoms with Crippen LogP contribution in [0.5, 0.6) is 5.75 Å². The summed E-state index contributed by atoms with van der Waals surface area (Å²) in [6, 6.07) is 5.94. The Labute approximate surface area is 115 Å². The first-order valence-electron chi connectivity index (χ1n) is 6.54. The Morgan fingerprint density at radius 2 is 2.05 bits per heavy atom. The highest BCUT2D eigenvalue weighted by Gasteiger charge is 2.12. The molecule has 1 rings (SSSR count). The second-order valence-electron chi connectivity index (χ2n) is 4.74. The average molecular weight is 265 g/mol. The van der Waals surface area contributed by atoms with Crippen LogP contribution in [0, 0.1) is 0 Å². The van der Waals surface area contributed by atoms with Gasteiger partial charge in [0.05, 0.1) is 13.7 Å². The molecule has 0 saturated heterocycles. The molecule has 4 heteroatoms. The van der Waals surface area contributed by atoms with Crippen molar-refractivity contribution < 1.29 is 14.3 Å². The molecule has 0 spiro atoms. The smallest absolute Gasteiger partial charge is 0.325 e. The van der Waals surface area contributed by atoms with E-state index < -0.39 is 0 Å². The third-order valence-electron chi connectivity index (χ3n) is 2.95. The van der Waals surface area contributed by atoms with Gasteiger partial charge >= 0.3 is 5.97 Å². The van der Waals surface area contributed by atoms with Crippen LogP contribution >= 0.6 is 0 Å². The Morgan fingerprint density at radius 3 is 2.58 bits per heavy atom. The molecule has 0 heterocycles. The molecule has 0 N–H and O–H groups in total. The monoisotopic (exact) mass is 265 g/mol. The molecule has 0 fully saturated rings. The zero-order valence-electron chi connectivity index (χ0n) is 12.4. The van der Waals surface area contributed by atoms with E-state index in [2.05, 4.69) is 19.9 Å². The van der Waals surface area contributed by atoms with Crippen LogP contribution < -0.4 is 9.64 Å². The number of rotatable bonds is 6. The highest BCUT2D eigenvalue weighted by Crippen LogP contribution is 2.30. The maximum absolute atomic E-state index is 11.5. The number of esters is 1. The van der Waals surface area contributed by atoms with Crippen molar-refractivity contribution in [2.75, 3.05) is 32.2 Å². The van der Waals surface area contributed by atoms with Crippen LogP contribution in [-0.4, -0.2) is 33.3 Å². The zero-order chi connectivity index (χ0) is 14.4. The van der Waals surface area contributed by atoms with Gasteiger partial charge in [-0.3, -0.25) is 4.79 Å². The van der Waals surface area contributed by atoms with Crippen LogP contribution in [0.15, 0.2) is 18.2 Å². The predicted molar refractivity (Wildman–Crippen MR) is 77.0 cm³/mol. The second-order valence-corrected chi connectivity index (χ2v) is 4.74. The molecule has 0 bridgehead atoms. The van der Waals surface area contributed by atoms with E-state index in [1.807, 2.05) is 31.0 Å². The van der Waals surface area contributed by atoms with E-state index in [1.165, 1.54) is 0 Å². The van der Waals surface area contributed by atoms with Crippen molar-refractivity contribution in [2.24, 2.45) is 0 Å². The number of hydrogen-bond acceptors (Lipinski definition) is 4. The number of benzene rings is 1. The van der Waals surface area contributed by atoms with Crippen LogP contribution in [-0.2, 0) is 9.53 Å². The van der Waals surface area contributed by atoms with Gasteiger partial charge in [-0.1, -0.05) is 13.8 Å². The van der Waals surface area contributed by atoms with Gasteiger partial charge in [-0.2, -0.15) is 0 Å². The van der Waals surface area contributed by atoms with E-state index in [0.717, 1.165) is 17.0 Å². The molecule has 1 aromatic carbocycles. The van der Waals surface area contributed by atoms with E-state index >= 15 is 0 Å². The van der Waals surface area contributed by atoms with Crippen molar-refractivity contribution in [2.45, 2.75) is 26.7 Å². The van der Waals surface area contributed by atoms with Gasteiger partial charge in [0.25, 0.3) is 0 Å². The molecule has 0 aliphatic heterocycles. The zero-order valence-corrected chi connectivity index (χ0v) is 12.4. The fourth-order valence-electron chi connectivity index (χ4n) is 1.90. The van der Waals surface area contributed by atoms with Crippen molar-refractivity contribution in [1.82, 2.24) is 0 Å². The fourth-order valence-corrected chi connectivity index (χ4v) is 1.90. The van der Waals surface area contributed by atoms with Gasteiger partial charge in [-0.15, -0.1) is 0 Å². The molecule has 0 aliphatic rings. The maximum Gasteiger partial charge on any atom is 0.325 e. The summed E-state index contributed by atoms with van der Waals surface area (Å²) in [5, 5.41) is 0. The summed E-state index contributed by atoms with van der Waals surface area (Å²) in [7, 11) is 3.55. The molecule has 106 valence electrons. The summed E-state index contributed by atoms with van der Waals surface area (Å²) in [6.45, 7) is 6.70. The average Bonchev–Trinajstić information content (AvgIpc) is 2.37. The topological polar surface area (TPSA) is 38.8 Å². The second kappa shape index (κ2) is 7.02. The minimum absolute atomic E-state index is 0.216. The standard InChI is InChI=1S/C15H23NO3/c1-6-19-15(17)10-16(4)12-7-8-14(18-5)13(9-12)11(2)3/h7-9,11H,6,10H2,1-5H3. The highest BCUT2D eigenvalue weighted by atomic mass is 16.5. The summed E-state index contributed by atoms with van der Waals surface area (Å²) in [4.78, 5) is 13.4. The van der Waals surface area contributed by atoms with E-state index in [9.17, 15) is 4.79 Å². The van der Waals surface area contributed by atoms with Crippen molar-refractivity contribution in [1.29, 1.82) is 0 Å². The fraction of sp³-hybridized carbons (Fsp3) is 0.533. The van der Waals surface area contributed by atoms with Gasteiger partial charge in [0, 0.05) is 12.7 Å². The highest BCUT2D eigenvalue weighted by molar-refractivity contribution is 5.75. The molecule has 0 unspecified atom stereocenters. The Morgan fingerprint density at radius 1 is 1.37 bits per heavy atom. The van der Waals surface area contributed by atoms with Gasteiger partial charge in [0.1, 0.15) is 12.3 Å². The third kappa shape index (κ3) is 4.16. The van der Waals surface area contributed by atoms with Crippen LogP contribution in [0.3, 0.4) is 0 Å². The first-order valence-corrected chi connectivity index (χ1v) is 6.54. The minimum atomic E-state index is -0.216. The minimum Gasteiger partial charge on any atom is -0.496 e. The molecule has 4 nitrogen and oxygen atoms in total. The van der Waals surface area contributed by atoms with Crippen LogP contribution in [0.2, 0.25) is 0 Å². The number of carbonyl (C=O) groups excluding carboxylic acids is 1. The number of anilines is 1. The van der Waals surface area contributed by atoms with Gasteiger partial charge < -0.3 is 14.4 Å². The number of hydrogen-bond donors (Lipinski definition) is 0. The Bertz CT molecular complexity index is 429. The van der Waals surface area contributed by atoms with Crippen LogP contribution in [0.1, 0.15) is 32.3 Å². The lowest BCUT2D eigenvalue weighted by Gasteiger charge is -2.21. The normalized spacial score (nSPS) is 10.4. The maximum atomic E-state index is 11.5. The summed E-state index contributed by atoms with van der Waals surface area (Å²) in [5.41, 5.74) is 2.12. The predicted octanol–water partition coefficient (Wildman–Crippen LogP) is 2.82. The SMILES string of the molecule is CCOC(=O)CN(C)c1ccc(OC)c(C(C)C)c1. The van der Waals surface area contributed by atoms with E-state index in [0.29, 0.717) is 12.5 Å². The molecule has 19 heavy (non-hydrogen) atoms.